The number of anilines is 1. The van der Waals surface area contributed by atoms with Crippen LogP contribution < -0.4 is 10.1 Å². The van der Waals surface area contributed by atoms with Crippen LogP contribution in [0.15, 0.2) is 42.5 Å². The van der Waals surface area contributed by atoms with Crippen molar-refractivity contribution >= 4 is 11.6 Å². The zero-order valence-electron chi connectivity index (χ0n) is 11.4. The van der Waals surface area contributed by atoms with Crippen molar-refractivity contribution in [2.75, 3.05) is 5.32 Å². The molecule has 0 aromatic heterocycles. The average Bonchev–Trinajstić information content (AvgIpc) is 2.41. The molecule has 0 fully saturated rings. The summed E-state index contributed by atoms with van der Waals surface area (Å²) in [6, 6.07) is 7.75. The summed E-state index contributed by atoms with van der Waals surface area (Å²) in [5.74, 6) is -1.38. The maximum Gasteiger partial charge on any atom is 0.420 e. The van der Waals surface area contributed by atoms with Crippen LogP contribution in [0.25, 0.3) is 0 Å². The lowest BCUT2D eigenvalue weighted by molar-refractivity contribution is -0.138. The van der Waals surface area contributed by atoms with Crippen LogP contribution in [-0.4, -0.2) is 5.91 Å². The molecule has 1 N–H and O–H groups in total. The predicted molar refractivity (Wildman–Crippen MR) is 72.2 cm³/mol. The molecule has 0 saturated carbocycles. The Morgan fingerprint density at radius 1 is 1.09 bits per heavy atom. The summed E-state index contributed by atoms with van der Waals surface area (Å²) >= 11 is 0. The van der Waals surface area contributed by atoms with E-state index in [-0.39, 0.29) is 11.4 Å². The third-order valence-electron chi connectivity index (χ3n) is 2.65. The molecule has 3 nitrogen and oxygen atoms in total. The first-order valence-electron chi connectivity index (χ1n) is 6.18. The Hall–Kier alpha value is -2.57. The number of benzene rings is 2. The molecule has 0 aliphatic carbocycles. The third kappa shape index (κ3) is 3.97. The fraction of sp³-hybridized carbons (Fsp3) is 0.133. The molecule has 0 bridgehead atoms. The molecule has 0 aliphatic heterocycles. The lowest BCUT2D eigenvalue weighted by Gasteiger charge is -2.15. The van der Waals surface area contributed by atoms with E-state index in [1.165, 1.54) is 25.1 Å². The molecular weight excluding hydrogens is 302 g/mol. The predicted octanol–water partition coefficient (Wildman–Crippen LogP) is 4.60. The smallest absolute Gasteiger partial charge is 0.420 e. The van der Waals surface area contributed by atoms with Crippen molar-refractivity contribution < 1.29 is 27.1 Å². The Labute approximate surface area is 123 Å². The van der Waals surface area contributed by atoms with Gasteiger partial charge in [0.2, 0.25) is 5.91 Å². The Balaban J connectivity index is 2.37. The Kier molecular flexibility index (Phi) is 4.35. The van der Waals surface area contributed by atoms with Crippen molar-refractivity contribution in [3.8, 4) is 11.5 Å². The van der Waals surface area contributed by atoms with Crippen LogP contribution in [0.4, 0.5) is 23.2 Å². The first-order valence-corrected chi connectivity index (χ1v) is 6.18. The number of amides is 1. The van der Waals surface area contributed by atoms with Crippen LogP contribution in [0.5, 0.6) is 11.5 Å². The summed E-state index contributed by atoms with van der Waals surface area (Å²) in [5, 5.41) is 2.27. The number of hydrogen-bond acceptors (Lipinski definition) is 2. The maximum absolute atomic E-state index is 13.1. The highest BCUT2D eigenvalue weighted by Gasteiger charge is 2.35. The van der Waals surface area contributed by atoms with Gasteiger partial charge in [0.1, 0.15) is 22.9 Å². The largest absolute Gasteiger partial charge is 0.457 e. The maximum atomic E-state index is 13.1. The number of halogens is 4. The topological polar surface area (TPSA) is 38.3 Å². The van der Waals surface area contributed by atoms with Gasteiger partial charge in [0.15, 0.2) is 0 Å². The van der Waals surface area contributed by atoms with Crippen LogP contribution in [0.3, 0.4) is 0 Å². The quantitative estimate of drug-likeness (QED) is 0.841. The van der Waals surface area contributed by atoms with Crippen LogP contribution in [0.2, 0.25) is 0 Å². The second-order valence-corrected chi connectivity index (χ2v) is 4.45. The van der Waals surface area contributed by atoms with Crippen molar-refractivity contribution in [3.63, 3.8) is 0 Å². The fourth-order valence-corrected chi connectivity index (χ4v) is 1.75. The molecule has 7 heteroatoms. The van der Waals surface area contributed by atoms with E-state index in [2.05, 4.69) is 5.32 Å². The van der Waals surface area contributed by atoms with Crippen LogP contribution in [0.1, 0.15) is 12.5 Å². The zero-order valence-corrected chi connectivity index (χ0v) is 11.4. The molecule has 0 saturated heterocycles. The van der Waals surface area contributed by atoms with Crippen LogP contribution in [0, 0.1) is 5.82 Å². The number of ether oxygens (including phenoxy) is 1. The van der Waals surface area contributed by atoms with Gasteiger partial charge in [-0.25, -0.2) is 4.39 Å². The molecule has 116 valence electrons. The molecule has 0 aliphatic rings. The van der Waals surface area contributed by atoms with Crippen LogP contribution >= 0.6 is 0 Å². The van der Waals surface area contributed by atoms with Gasteiger partial charge in [0, 0.05) is 12.6 Å². The molecule has 0 heterocycles. The molecular formula is C15H11F4NO2. The number of hydrogen-bond donors (Lipinski definition) is 1. The van der Waals surface area contributed by atoms with Crippen molar-refractivity contribution in [2.24, 2.45) is 0 Å². The van der Waals surface area contributed by atoms with E-state index in [9.17, 15) is 22.4 Å². The minimum absolute atomic E-state index is 0.00582. The number of nitrogens with one attached hydrogen (secondary N) is 1. The van der Waals surface area contributed by atoms with Crippen molar-refractivity contribution in [1.82, 2.24) is 0 Å². The summed E-state index contributed by atoms with van der Waals surface area (Å²) in [7, 11) is 0. The normalized spacial score (nSPS) is 11.1. The van der Waals surface area contributed by atoms with E-state index in [1.807, 2.05) is 0 Å². The van der Waals surface area contributed by atoms with Gasteiger partial charge in [0.25, 0.3) is 0 Å². The Bertz CT molecular complexity index is 681. The van der Waals surface area contributed by atoms with E-state index in [4.69, 9.17) is 4.74 Å². The highest BCUT2D eigenvalue weighted by Crippen LogP contribution is 2.39. The van der Waals surface area contributed by atoms with Gasteiger partial charge < -0.3 is 10.1 Å². The molecule has 2 aromatic rings. The monoisotopic (exact) mass is 313 g/mol. The van der Waals surface area contributed by atoms with Gasteiger partial charge in [-0.3, -0.25) is 4.79 Å². The van der Waals surface area contributed by atoms with Gasteiger partial charge in [-0.15, -0.1) is 0 Å². The fourth-order valence-electron chi connectivity index (χ4n) is 1.75. The number of carbonyl (C=O) groups excluding carboxylic acids is 1. The third-order valence-corrected chi connectivity index (χ3v) is 2.65. The highest BCUT2D eigenvalue weighted by atomic mass is 19.4. The Morgan fingerprint density at radius 3 is 2.27 bits per heavy atom. The minimum atomic E-state index is -4.66. The summed E-state index contributed by atoms with van der Waals surface area (Å²) in [6.07, 6.45) is -4.66. The van der Waals surface area contributed by atoms with Gasteiger partial charge >= 0.3 is 6.18 Å². The molecule has 22 heavy (non-hydrogen) atoms. The first-order chi connectivity index (χ1) is 10.3. The summed E-state index contributed by atoms with van der Waals surface area (Å²) in [4.78, 5) is 10.9. The van der Waals surface area contributed by atoms with Crippen LogP contribution in [-0.2, 0) is 11.0 Å². The minimum Gasteiger partial charge on any atom is -0.457 e. The van der Waals surface area contributed by atoms with Gasteiger partial charge in [-0.1, -0.05) is 0 Å². The molecule has 0 spiro atoms. The second kappa shape index (κ2) is 6.05. The van der Waals surface area contributed by atoms with E-state index in [0.717, 1.165) is 24.3 Å². The molecule has 2 aromatic carbocycles. The summed E-state index contributed by atoms with van der Waals surface area (Å²) < 4.78 is 57.2. The standard InChI is InChI=1S/C15H11F4NO2/c1-9(21)20-11-4-7-14(13(8-11)15(17,18)19)22-12-5-2-10(16)3-6-12/h2-8H,1H3,(H,20,21). The van der Waals surface area contributed by atoms with E-state index in [1.54, 1.807) is 0 Å². The second-order valence-electron chi connectivity index (χ2n) is 4.45. The molecule has 0 unspecified atom stereocenters. The van der Waals surface area contributed by atoms with E-state index < -0.39 is 29.2 Å². The summed E-state index contributed by atoms with van der Waals surface area (Å²) in [5.41, 5.74) is -1.03. The average molecular weight is 313 g/mol. The lowest BCUT2D eigenvalue weighted by Crippen LogP contribution is -2.10. The highest BCUT2D eigenvalue weighted by molar-refractivity contribution is 5.88. The number of alkyl halides is 3. The van der Waals surface area contributed by atoms with E-state index in [0.29, 0.717) is 0 Å². The lowest BCUT2D eigenvalue weighted by atomic mass is 10.1. The van der Waals surface area contributed by atoms with Gasteiger partial charge in [0.05, 0.1) is 0 Å². The number of rotatable bonds is 3. The Morgan fingerprint density at radius 2 is 1.73 bits per heavy atom. The molecule has 0 atom stereocenters. The molecule has 2 rings (SSSR count). The molecule has 1 amide bonds. The van der Waals surface area contributed by atoms with Crippen molar-refractivity contribution in [1.29, 1.82) is 0 Å². The van der Waals surface area contributed by atoms with Crippen molar-refractivity contribution in [2.45, 2.75) is 13.1 Å². The zero-order chi connectivity index (χ0) is 16.3. The molecule has 0 radical (unpaired) electrons. The van der Waals surface area contributed by atoms with E-state index >= 15 is 0 Å². The van der Waals surface area contributed by atoms with Gasteiger partial charge in [-0.05, 0) is 42.5 Å². The SMILES string of the molecule is CC(=O)Nc1ccc(Oc2ccc(F)cc2)c(C(F)(F)F)c1. The van der Waals surface area contributed by atoms with Crippen molar-refractivity contribution in [3.05, 3.63) is 53.8 Å². The van der Waals surface area contributed by atoms with Gasteiger partial charge in [-0.2, -0.15) is 13.2 Å². The number of carbonyl (C=O) groups is 1. The first kappa shape index (κ1) is 15.8. The summed E-state index contributed by atoms with van der Waals surface area (Å²) in [6.45, 7) is 1.19.